The molecule has 96 valence electrons. The molecule has 1 aliphatic rings. The highest BCUT2D eigenvalue weighted by Crippen LogP contribution is 2.30. The van der Waals surface area contributed by atoms with Gasteiger partial charge in [0.25, 0.3) is 0 Å². The summed E-state index contributed by atoms with van der Waals surface area (Å²) in [6.07, 6.45) is 3.32. The van der Waals surface area contributed by atoms with Crippen LogP contribution in [0.4, 0.5) is 5.82 Å². The fraction of sp³-hybridized carbons (Fsp3) is 0.231. The fourth-order valence-corrected chi connectivity index (χ4v) is 1.85. The highest BCUT2D eigenvalue weighted by atomic mass is 35.5. The van der Waals surface area contributed by atoms with Gasteiger partial charge in [-0.1, -0.05) is 17.7 Å². The van der Waals surface area contributed by atoms with Gasteiger partial charge in [0.05, 0.1) is 11.4 Å². The average Bonchev–Trinajstić information content (AvgIpc) is 3.23. The first-order valence-corrected chi connectivity index (χ1v) is 6.36. The van der Waals surface area contributed by atoms with Crippen molar-refractivity contribution in [2.45, 2.75) is 12.8 Å². The lowest BCUT2D eigenvalue weighted by Gasteiger charge is -2.05. The quantitative estimate of drug-likeness (QED) is 0.874. The second-order valence-electron chi connectivity index (χ2n) is 4.40. The number of halogens is 1. The maximum Gasteiger partial charge on any atom is 0.228 e. The summed E-state index contributed by atoms with van der Waals surface area (Å²) in [6.45, 7) is 0. The SMILES string of the molecule is O=C(Nc1cc(-c2cccc(Cl)n2)ncn1)C1CC1. The molecule has 2 heterocycles. The molecule has 0 atom stereocenters. The number of pyridine rings is 1. The number of hydrogen-bond acceptors (Lipinski definition) is 4. The third-order valence-corrected chi connectivity index (χ3v) is 3.05. The molecule has 0 saturated heterocycles. The molecule has 0 aliphatic heterocycles. The van der Waals surface area contributed by atoms with E-state index in [-0.39, 0.29) is 11.8 Å². The molecule has 2 aromatic rings. The molecule has 2 aromatic heterocycles. The maximum absolute atomic E-state index is 11.7. The molecule has 0 unspecified atom stereocenters. The fourth-order valence-electron chi connectivity index (χ4n) is 1.69. The maximum atomic E-state index is 11.7. The molecule has 1 N–H and O–H groups in total. The van der Waals surface area contributed by atoms with Gasteiger partial charge in [-0.2, -0.15) is 0 Å². The van der Waals surface area contributed by atoms with Crippen molar-refractivity contribution in [3.63, 3.8) is 0 Å². The van der Waals surface area contributed by atoms with Crippen LogP contribution in [-0.2, 0) is 4.79 Å². The van der Waals surface area contributed by atoms with E-state index < -0.39 is 0 Å². The first-order chi connectivity index (χ1) is 9.22. The van der Waals surface area contributed by atoms with Crippen LogP contribution >= 0.6 is 11.6 Å². The summed E-state index contributed by atoms with van der Waals surface area (Å²) in [5.74, 6) is 0.648. The van der Waals surface area contributed by atoms with Gasteiger partial charge >= 0.3 is 0 Å². The highest BCUT2D eigenvalue weighted by Gasteiger charge is 2.29. The molecule has 19 heavy (non-hydrogen) atoms. The number of nitrogens with one attached hydrogen (secondary N) is 1. The summed E-state index contributed by atoms with van der Waals surface area (Å²) in [4.78, 5) is 24.0. The summed E-state index contributed by atoms with van der Waals surface area (Å²) in [5.41, 5.74) is 1.28. The van der Waals surface area contributed by atoms with Crippen LogP contribution in [0.1, 0.15) is 12.8 Å². The zero-order chi connectivity index (χ0) is 13.2. The minimum absolute atomic E-state index is 0.0173. The standard InChI is InChI=1S/C13H11ClN4O/c14-11-3-1-2-9(17-11)10-6-12(16-7-15-10)18-13(19)8-4-5-8/h1-3,6-8H,4-5H2,(H,15,16,18,19). The van der Waals surface area contributed by atoms with E-state index in [1.165, 1.54) is 6.33 Å². The predicted octanol–water partition coefficient (Wildman–Crippen LogP) is 2.54. The molecule has 1 aliphatic carbocycles. The number of hydrogen-bond donors (Lipinski definition) is 1. The van der Waals surface area contributed by atoms with Gasteiger partial charge in [-0.25, -0.2) is 15.0 Å². The number of anilines is 1. The monoisotopic (exact) mass is 274 g/mol. The number of carbonyl (C=O) groups is 1. The van der Waals surface area contributed by atoms with Crippen molar-refractivity contribution in [1.82, 2.24) is 15.0 Å². The lowest BCUT2D eigenvalue weighted by molar-refractivity contribution is -0.117. The van der Waals surface area contributed by atoms with Crippen molar-refractivity contribution < 1.29 is 4.79 Å². The lowest BCUT2D eigenvalue weighted by Crippen LogP contribution is -2.14. The van der Waals surface area contributed by atoms with E-state index in [0.717, 1.165) is 12.8 Å². The molecule has 0 spiro atoms. The molecule has 6 heteroatoms. The van der Waals surface area contributed by atoms with Crippen LogP contribution in [0, 0.1) is 5.92 Å². The normalized spacial score (nSPS) is 14.2. The molecule has 1 saturated carbocycles. The lowest BCUT2D eigenvalue weighted by atomic mass is 10.2. The van der Waals surface area contributed by atoms with Crippen LogP contribution in [-0.4, -0.2) is 20.9 Å². The van der Waals surface area contributed by atoms with Crippen LogP contribution in [0.25, 0.3) is 11.4 Å². The Morgan fingerprint density at radius 3 is 2.84 bits per heavy atom. The van der Waals surface area contributed by atoms with Gasteiger partial charge < -0.3 is 5.32 Å². The topological polar surface area (TPSA) is 67.8 Å². The summed E-state index contributed by atoms with van der Waals surface area (Å²) < 4.78 is 0. The molecular formula is C13H11ClN4O. The minimum Gasteiger partial charge on any atom is -0.310 e. The van der Waals surface area contributed by atoms with Gasteiger partial charge in [0.15, 0.2) is 0 Å². The van der Waals surface area contributed by atoms with Crippen molar-refractivity contribution in [3.05, 3.63) is 35.7 Å². The second-order valence-corrected chi connectivity index (χ2v) is 4.78. The number of rotatable bonds is 3. The Morgan fingerprint density at radius 2 is 2.11 bits per heavy atom. The van der Waals surface area contributed by atoms with Crippen LogP contribution in [0.3, 0.4) is 0 Å². The first-order valence-electron chi connectivity index (χ1n) is 5.98. The smallest absolute Gasteiger partial charge is 0.228 e. The Morgan fingerprint density at radius 1 is 1.26 bits per heavy atom. The van der Waals surface area contributed by atoms with Crippen molar-refractivity contribution in [2.75, 3.05) is 5.32 Å². The molecule has 3 rings (SSSR count). The van der Waals surface area contributed by atoms with Gasteiger partial charge in [-0.3, -0.25) is 4.79 Å². The van der Waals surface area contributed by atoms with Gasteiger partial charge in [-0.05, 0) is 25.0 Å². The molecule has 1 amide bonds. The van der Waals surface area contributed by atoms with E-state index in [1.54, 1.807) is 24.3 Å². The van der Waals surface area contributed by atoms with Crippen molar-refractivity contribution in [2.24, 2.45) is 5.92 Å². The number of carbonyl (C=O) groups excluding carboxylic acids is 1. The largest absolute Gasteiger partial charge is 0.310 e. The van der Waals surface area contributed by atoms with E-state index >= 15 is 0 Å². The van der Waals surface area contributed by atoms with Gasteiger partial charge in [0, 0.05) is 12.0 Å². The van der Waals surface area contributed by atoms with E-state index in [9.17, 15) is 4.79 Å². The predicted molar refractivity (Wildman–Crippen MR) is 71.6 cm³/mol. The zero-order valence-corrected chi connectivity index (χ0v) is 10.8. The first kappa shape index (κ1) is 12.0. The molecule has 5 nitrogen and oxygen atoms in total. The summed E-state index contributed by atoms with van der Waals surface area (Å²) in [5, 5.41) is 3.18. The van der Waals surface area contributed by atoms with E-state index in [1.807, 2.05) is 0 Å². The van der Waals surface area contributed by atoms with E-state index in [2.05, 4.69) is 20.3 Å². The Kier molecular flexibility index (Phi) is 3.13. The average molecular weight is 275 g/mol. The zero-order valence-electron chi connectivity index (χ0n) is 10.0. The van der Waals surface area contributed by atoms with Crippen LogP contribution < -0.4 is 5.32 Å². The van der Waals surface area contributed by atoms with Gasteiger partial charge in [0.1, 0.15) is 17.3 Å². The van der Waals surface area contributed by atoms with Crippen LogP contribution in [0.15, 0.2) is 30.6 Å². The van der Waals surface area contributed by atoms with E-state index in [0.29, 0.717) is 22.4 Å². The number of nitrogens with zero attached hydrogens (tertiary/aromatic N) is 3. The summed E-state index contributed by atoms with van der Waals surface area (Å²) in [6, 6.07) is 7.00. The Balaban J connectivity index is 1.84. The Bertz CT molecular complexity index is 628. The van der Waals surface area contributed by atoms with Crippen LogP contribution in [0.2, 0.25) is 5.15 Å². The van der Waals surface area contributed by atoms with E-state index in [4.69, 9.17) is 11.6 Å². The van der Waals surface area contributed by atoms with Crippen LogP contribution in [0.5, 0.6) is 0 Å². The molecule has 0 radical (unpaired) electrons. The van der Waals surface area contributed by atoms with Crippen molar-refractivity contribution in [1.29, 1.82) is 0 Å². The summed E-state index contributed by atoms with van der Waals surface area (Å²) >= 11 is 5.84. The van der Waals surface area contributed by atoms with Gasteiger partial charge in [-0.15, -0.1) is 0 Å². The molecular weight excluding hydrogens is 264 g/mol. The minimum atomic E-state index is 0.0173. The highest BCUT2D eigenvalue weighted by molar-refractivity contribution is 6.29. The molecule has 1 fully saturated rings. The van der Waals surface area contributed by atoms with Gasteiger partial charge in [0.2, 0.25) is 5.91 Å². The Hall–Kier alpha value is -2.01. The van der Waals surface area contributed by atoms with Crippen molar-refractivity contribution in [3.8, 4) is 11.4 Å². The third-order valence-electron chi connectivity index (χ3n) is 2.84. The number of aromatic nitrogens is 3. The third kappa shape index (κ3) is 2.88. The summed E-state index contributed by atoms with van der Waals surface area (Å²) in [7, 11) is 0. The Labute approximate surface area is 115 Å². The van der Waals surface area contributed by atoms with Crippen molar-refractivity contribution >= 4 is 23.3 Å². The second kappa shape index (κ2) is 4.93. The molecule has 0 bridgehead atoms. The number of amides is 1. The molecule has 0 aromatic carbocycles.